The Morgan fingerprint density at radius 3 is 2.45 bits per heavy atom. The third kappa shape index (κ3) is 8.47. The number of ether oxygens (including phenoxy) is 1. The summed E-state index contributed by atoms with van der Waals surface area (Å²) in [7, 11) is -3.81. The maximum Gasteiger partial charge on any atom is 0.259 e. The summed E-state index contributed by atoms with van der Waals surface area (Å²) >= 11 is 0. The van der Waals surface area contributed by atoms with Crippen molar-refractivity contribution in [1.29, 1.82) is 0 Å². The number of amides is 3. The van der Waals surface area contributed by atoms with Crippen molar-refractivity contribution in [1.82, 2.24) is 14.9 Å². The van der Waals surface area contributed by atoms with E-state index >= 15 is 0 Å². The van der Waals surface area contributed by atoms with Crippen LogP contribution in [-0.2, 0) is 29.1 Å². The Morgan fingerprint density at radius 2 is 1.77 bits per heavy atom. The molecule has 5 rings (SSSR count). The monoisotopic (exact) mass is 666 g/mol. The normalized spacial score (nSPS) is 29.4. The van der Waals surface area contributed by atoms with Gasteiger partial charge in [0.15, 0.2) is 0 Å². The molecule has 2 saturated carbocycles. The fraction of sp³-hybridized carbons (Fsp3) is 0.583. The van der Waals surface area contributed by atoms with E-state index in [1.165, 1.54) is 0 Å². The van der Waals surface area contributed by atoms with Crippen LogP contribution in [0.5, 0.6) is 0 Å². The first-order valence-electron chi connectivity index (χ1n) is 17.2. The highest BCUT2D eigenvalue weighted by Gasteiger charge is 2.51. The first kappa shape index (κ1) is 34.7. The van der Waals surface area contributed by atoms with Gasteiger partial charge in [-0.25, -0.2) is 8.42 Å². The molecule has 1 aromatic carbocycles. The molecule has 5 atom stereocenters. The number of para-hydroxylation sites is 1. The molecule has 11 heteroatoms. The summed E-state index contributed by atoms with van der Waals surface area (Å²) in [6, 6.07) is 8.11. The van der Waals surface area contributed by atoms with Crippen LogP contribution in [0.1, 0.15) is 90.9 Å². The SMILES string of the molecule is C=C(/C=C\C)/C(=C\C)O[C@@H]1C[C@H]2C(=O)N[C@]3(C(=O)NS(=O)(=O)C4CC4)CCC(CCCCCC[C@H](Nc4ccccc4)C(=O)N2C1)C3. The summed E-state index contributed by atoms with van der Waals surface area (Å²) < 4.78 is 34.4. The third-order valence-electron chi connectivity index (χ3n) is 9.97. The smallest absolute Gasteiger partial charge is 0.259 e. The molecule has 1 aromatic rings. The van der Waals surface area contributed by atoms with Crippen molar-refractivity contribution in [2.75, 3.05) is 11.9 Å². The molecule has 2 saturated heterocycles. The summed E-state index contributed by atoms with van der Waals surface area (Å²) in [5, 5.41) is 5.89. The lowest BCUT2D eigenvalue weighted by Gasteiger charge is -2.33. The van der Waals surface area contributed by atoms with Crippen molar-refractivity contribution < 1.29 is 27.5 Å². The first-order chi connectivity index (χ1) is 22.5. The summed E-state index contributed by atoms with van der Waals surface area (Å²) in [5.74, 6) is -0.581. The van der Waals surface area contributed by atoms with Gasteiger partial charge in [-0.3, -0.25) is 19.1 Å². The number of carbonyl (C=O) groups excluding carboxylic acids is 3. The molecule has 2 aliphatic carbocycles. The lowest BCUT2D eigenvalue weighted by molar-refractivity contribution is -0.141. The fourth-order valence-electron chi connectivity index (χ4n) is 7.27. The highest BCUT2D eigenvalue weighted by molar-refractivity contribution is 7.91. The molecule has 2 bridgehead atoms. The number of nitrogens with one attached hydrogen (secondary N) is 3. The standard InChI is InChI=1S/C36H50N4O6S/c1-4-13-25(3)32(5-2)46-28-22-31-33(41)38-36(35(43)39-47(44,45)29-18-19-29)21-20-26(23-36)14-9-6-7-12-17-30(34(42)40(31)24-28)37-27-15-10-8-11-16-27/h4-5,8,10-11,13,15-16,26,28-31,37H,3,6-7,9,12,14,17-24H2,1-2H3,(H,38,41)(H,39,43)/b13-4-,32-5+/t26?,28-,30+,31+,36-/m1/s1. The number of rotatable bonds is 9. The zero-order valence-electron chi connectivity index (χ0n) is 27.7. The number of hydrogen-bond donors (Lipinski definition) is 3. The molecule has 0 radical (unpaired) electrons. The molecule has 3 N–H and O–H groups in total. The minimum atomic E-state index is -3.81. The van der Waals surface area contributed by atoms with E-state index in [1.807, 2.05) is 62.4 Å². The van der Waals surface area contributed by atoms with Gasteiger partial charge in [-0.15, -0.1) is 0 Å². The minimum absolute atomic E-state index is 0.183. The molecular weight excluding hydrogens is 616 g/mol. The van der Waals surface area contributed by atoms with Crippen LogP contribution in [0.3, 0.4) is 0 Å². The van der Waals surface area contributed by atoms with Crippen LogP contribution in [-0.4, -0.2) is 66.6 Å². The maximum absolute atomic E-state index is 14.4. The zero-order valence-corrected chi connectivity index (χ0v) is 28.5. The van der Waals surface area contributed by atoms with Crippen molar-refractivity contribution in [2.45, 2.75) is 120 Å². The second-order valence-electron chi connectivity index (χ2n) is 13.6. The van der Waals surface area contributed by atoms with Crippen LogP contribution in [0.25, 0.3) is 0 Å². The average Bonchev–Trinajstić information content (AvgIpc) is 3.72. The van der Waals surface area contributed by atoms with Crippen LogP contribution in [0, 0.1) is 5.92 Å². The van der Waals surface area contributed by atoms with Crippen molar-refractivity contribution >= 4 is 33.4 Å². The maximum atomic E-state index is 14.4. The second-order valence-corrected chi connectivity index (χ2v) is 15.5. The number of allylic oxidation sites excluding steroid dienone is 3. The van der Waals surface area contributed by atoms with E-state index in [9.17, 15) is 22.8 Å². The Bertz CT molecular complexity index is 1490. The van der Waals surface area contributed by atoms with Crippen molar-refractivity contribution in [3.63, 3.8) is 0 Å². The van der Waals surface area contributed by atoms with E-state index in [0.717, 1.165) is 44.2 Å². The Balaban J connectivity index is 1.46. The molecular formula is C36H50N4O6S. The molecule has 4 fully saturated rings. The Morgan fingerprint density at radius 1 is 1.04 bits per heavy atom. The van der Waals surface area contributed by atoms with E-state index in [-0.39, 0.29) is 24.8 Å². The molecule has 47 heavy (non-hydrogen) atoms. The highest BCUT2D eigenvalue weighted by Crippen LogP contribution is 2.39. The van der Waals surface area contributed by atoms with Crippen LogP contribution in [0.15, 0.2) is 66.5 Å². The van der Waals surface area contributed by atoms with Gasteiger partial charge in [0.2, 0.25) is 21.8 Å². The number of carbonyl (C=O) groups is 3. The number of nitrogens with zero attached hydrogens (tertiary/aromatic N) is 1. The van der Waals surface area contributed by atoms with Gasteiger partial charge in [0.25, 0.3) is 5.91 Å². The van der Waals surface area contributed by atoms with E-state index in [1.54, 1.807) is 4.90 Å². The predicted molar refractivity (Wildman–Crippen MR) is 183 cm³/mol. The molecule has 0 spiro atoms. The fourth-order valence-corrected chi connectivity index (χ4v) is 8.65. The largest absolute Gasteiger partial charge is 0.488 e. The van der Waals surface area contributed by atoms with Gasteiger partial charge in [-0.05, 0) is 76.5 Å². The average molecular weight is 667 g/mol. The molecule has 2 heterocycles. The van der Waals surface area contributed by atoms with Crippen LogP contribution in [0.2, 0.25) is 0 Å². The molecule has 1 unspecified atom stereocenters. The van der Waals surface area contributed by atoms with Crippen molar-refractivity contribution in [3.8, 4) is 0 Å². The molecule has 10 nitrogen and oxygen atoms in total. The Labute approximate surface area is 279 Å². The van der Waals surface area contributed by atoms with Crippen molar-refractivity contribution in [3.05, 3.63) is 66.5 Å². The third-order valence-corrected chi connectivity index (χ3v) is 11.8. The molecule has 2 aliphatic heterocycles. The predicted octanol–water partition coefficient (Wildman–Crippen LogP) is 5.11. The lowest BCUT2D eigenvalue weighted by atomic mass is 9.92. The van der Waals surface area contributed by atoms with Gasteiger partial charge in [-0.1, -0.05) is 69.0 Å². The van der Waals surface area contributed by atoms with Gasteiger partial charge in [0.1, 0.15) is 29.5 Å². The van der Waals surface area contributed by atoms with E-state index in [2.05, 4.69) is 21.9 Å². The number of benzene rings is 1. The quantitative estimate of drug-likeness (QED) is 0.247. The van der Waals surface area contributed by atoms with Crippen LogP contribution < -0.4 is 15.4 Å². The Kier molecular flexibility index (Phi) is 11.1. The molecule has 0 aromatic heterocycles. The second kappa shape index (κ2) is 15.1. The Hall–Kier alpha value is -3.60. The zero-order chi connectivity index (χ0) is 33.6. The number of anilines is 1. The lowest BCUT2D eigenvalue weighted by Crippen LogP contribution is -2.62. The topological polar surface area (TPSA) is 134 Å². The van der Waals surface area contributed by atoms with Gasteiger partial charge in [-0.2, -0.15) is 0 Å². The van der Waals surface area contributed by atoms with Crippen LogP contribution in [0.4, 0.5) is 5.69 Å². The van der Waals surface area contributed by atoms with Gasteiger partial charge in [0.05, 0.1) is 11.8 Å². The number of hydrogen-bond acceptors (Lipinski definition) is 7. The summed E-state index contributed by atoms with van der Waals surface area (Å²) in [4.78, 5) is 44.2. The summed E-state index contributed by atoms with van der Waals surface area (Å²) in [6.45, 7) is 8.02. The minimum Gasteiger partial charge on any atom is -0.488 e. The molecule has 4 aliphatic rings. The highest BCUT2D eigenvalue weighted by atomic mass is 32.2. The first-order valence-corrected chi connectivity index (χ1v) is 18.7. The van der Waals surface area contributed by atoms with E-state index < -0.39 is 50.8 Å². The van der Waals surface area contributed by atoms with Gasteiger partial charge in [0, 0.05) is 17.7 Å². The van der Waals surface area contributed by atoms with Crippen molar-refractivity contribution in [2.24, 2.45) is 5.92 Å². The number of sulfonamides is 1. The summed E-state index contributed by atoms with van der Waals surface area (Å²) in [5.41, 5.74) is 0.136. The van der Waals surface area contributed by atoms with Gasteiger partial charge >= 0.3 is 0 Å². The molecule has 256 valence electrons. The number of fused-ring (bicyclic) bond motifs is 3. The van der Waals surface area contributed by atoms with E-state index in [4.69, 9.17) is 4.74 Å². The van der Waals surface area contributed by atoms with Crippen LogP contribution >= 0.6 is 0 Å². The van der Waals surface area contributed by atoms with E-state index in [0.29, 0.717) is 43.4 Å². The molecule has 3 amide bonds. The summed E-state index contributed by atoms with van der Waals surface area (Å²) in [6.07, 6.45) is 13.0. The van der Waals surface area contributed by atoms with Gasteiger partial charge < -0.3 is 20.3 Å².